The zero-order valence-corrected chi connectivity index (χ0v) is 13.4. The maximum atomic E-state index is 5.34. The number of rotatable bonds is 9. The second kappa shape index (κ2) is 12.1. The largest absolute Gasteiger partial charge is 0.379 e. The summed E-state index contributed by atoms with van der Waals surface area (Å²) < 4.78 is 5.34. The monoisotopic (exact) mass is 300 g/mol. The topological polar surface area (TPSA) is 48.9 Å². The third-order valence-corrected chi connectivity index (χ3v) is 3.87. The first-order chi connectivity index (χ1) is 9.86. The van der Waals surface area contributed by atoms with Crippen LogP contribution in [-0.2, 0) is 4.74 Å². The van der Waals surface area contributed by atoms with Crippen molar-refractivity contribution < 1.29 is 4.74 Å². The van der Waals surface area contributed by atoms with Crippen molar-refractivity contribution in [2.75, 3.05) is 64.0 Å². The second-order valence-corrected chi connectivity index (χ2v) is 5.65. The summed E-state index contributed by atoms with van der Waals surface area (Å²) in [6, 6.07) is 0. The van der Waals surface area contributed by atoms with Crippen LogP contribution in [0.3, 0.4) is 0 Å². The van der Waals surface area contributed by atoms with Crippen LogP contribution in [0.1, 0.15) is 6.92 Å². The van der Waals surface area contributed by atoms with Crippen molar-refractivity contribution in [1.29, 1.82) is 0 Å². The standard InChI is InChI=1S/C14H28N4OS/c1-3-12-20-13-6-17-14(15-4-2)16-5-7-18-8-10-19-11-9-18/h3H,1,4-13H2,2H3,(H2,15,16,17). The molecule has 0 spiro atoms. The number of guanidine groups is 1. The molecule has 0 bridgehead atoms. The molecule has 0 aromatic carbocycles. The van der Waals surface area contributed by atoms with Gasteiger partial charge in [0, 0.05) is 44.2 Å². The van der Waals surface area contributed by atoms with Gasteiger partial charge in [-0.05, 0) is 6.92 Å². The maximum Gasteiger partial charge on any atom is 0.191 e. The summed E-state index contributed by atoms with van der Waals surface area (Å²) in [6.07, 6.45) is 1.94. The van der Waals surface area contributed by atoms with Crippen LogP contribution >= 0.6 is 11.8 Å². The van der Waals surface area contributed by atoms with E-state index in [9.17, 15) is 0 Å². The van der Waals surface area contributed by atoms with Gasteiger partial charge in [0.25, 0.3) is 0 Å². The lowest BCUT2D eigenvalue weighted by Crippen LogP contribution is -2.40. The number of thioether (sulfide) groups is 1. The van der Waals surface area contributed by atoms with Gasteiger partial charge < -0.3 is 15.4 Å². The Labute approximate surface area is 127 Å². The van der Waals surface area contributed by atoms with E-state index >= 15 is 0 Å². The van der Waals surface area contributed by atoms with Gasteiger partial charge >= 0.3 is 0 Å². The molecule has 1 aliphatic rings. The lowest BCUT2D eigenvalue weighted by atomic mass is 10.4. The second-order valence-electron chi connectivity index (χ2n) is 4.51. The first kappa shape index (κ1) is 17.3. The third-order valence-electron chi connectivity index (χ3n) is 2.91. The highest BCUT2D eigenvalue weighted by Gasteiger charge is 2.09. The molecule has 0 saturated carbocycles. The first-order valence-corrected chi connectivity index (χ1v) is 8.53. The highest BCUT2D eigenvalue weighted by atomic mass is 32.2. The van der Waals surface area contributed by atoms with Gasteiger partial charge in [0.05, 0.1) is 19.8 Å². The van der Waals surface area contributed by atoms with Crippen molar-refractivity contribution >= 4 is 17.7 Å². The van der Waals surface area contributed by atoms with Crippen LogP contribution in [-0.4, -0.2) is 74.8 Å². The molecular weight excluding hydrogens is 272 g/mol. The molecule has 0 radical (unpaired) electrons. The Morgan fingerprint density at radius 2 is 2.20 bits per heavy atom. The van der Waals surface area contributed by atoms with Crippen molar-refractivity contribution in [2.45, 2.75) is 6.92 Å². The van der Waals surface area contributed by atoms with Gasteiger partial charge in [0.2, 0.25) is 0 Å². The van der Waals surface area contributed by atoms with Crippen molar-refractivity contribution in [1.82, 2.24) is 15.5 Å². The first-order valence-electron chi connectivity index (χ1n) is 7.37. The molecule has 2 N–H and O–H groups in total. The summed E-state index contributed by atoms with van der Waals surface area (Å²) >= 11 is 1.87. The molecule has 1 rings (SSSR count). The number of morpholine rings is 1. The van der Waals surface area contributed by atoms with Gasteiger partial charge in [-0.1, -0.05) is 6.08 Å². The van der Waals surface area contributed by atoms with Crippen LogP contribution in [0.2, 0.25) is 0 Å². The third kappa shape index (κ3) is 8.45. The SMILES string of the molecule is C=CCSCCNC(=NCCN1CCOCC1)NCC. The molecule has 0 aromatic heterocycles. The Morgan fingerprint density at radius 3 is 2.90 bits per heavy atom. The predicted molar refractivity (Wildman–Crippen MR) is 88.8 cm³/mol. The van der Waals surface area contributed by atoms with Crippen LogP contribution < -0.4 is 10.6 Å². The Morgan fingerprint density at radius 1 is 1.40 bits per heavy atom. The molecule has 0 aromatic rings. The van der Waals surface area contributed by atoms with Gasteiger partial charge in [-0.15, -0.1) is 6.58 Å². The maximum absolute atomic E-state index is 5.34. The molecule has 6 heteroatoms. The Bertz CT molecular complexity index is 280. The minimum Gasteiger partial charge on any atom is -0.379 e. The van der Waals surface area contributed by atoms with E-state index in [0.717, 1.165) is 69.9 Å². The zero-order chi connectivity index (χ0) is 14.5. The number of aliphatic imine (C=N–C) groups is 1. The minimum atomic E-state index is 0.829. The van der Waals surface area contributed by atoms with Crippen LogP contribution in [0.25, 0.3) is 0 Å². The number of nitrogens with one attached hydrogen (secondary N) is 2. The zero-order valence-electron chi connectivity index (χ0n) is 12.6. The van der Waals surface area contributed by atoms with E-state index < -0.39 is 0 Å². The Balaban J connectivity index is 2.17. The van der Waals surface area contributed by atoms with Gasteiger partial charge in [0.1, 0.15) is 0 Å². The lowest BCUT2D eigenvalue weighted by Gasteiger charge is -2.25. The van der Waals surface area contributed by atoms with Crippen molar-refractivity contribution in [2.24, 2.45) is 4.99 Å². The van der Waals surface area contributed by atoms with Crippen LogP contribution in [0.15, 0.2) is 17.6 Å². The van der Waals surface area contributed by atoms with E-state index in [1.165, 1.54) is 0 Å². The average Bonchev–Trinajstić information content (AvgIpc) is 2.48. The van der Waals surface area contributed by atoms with E-state index in [4.69, 9.17) is 4.74 Å². The molecule has 116 valence electrons. The molecule has 0 unspecified atom stereocenters. The predicted octanol–water partition coefficient (Wildman–Crippen LogP) is 0.793. The summed E-state index contributed by atoms with van der Waals surface area (Å²) in [6.45, 7) is 13.2. The van der Waals surface area contributed by atoms with E-state index in [-0.39, 0.29) is 0 Å². The average molecular weight is 300 g/mol. The lowest BCUT2D eigenvalue weighted by molar-refractivity contribution is 0.0394. The fourth-order valence-corrected chi connectivity index (χ4v) is 2.46. The quantitative estimate of drug-likeness (QED) is 0.285. The molecule has 0 aliphatic carbocycles. The number of nitrogens with zero attached hydrogens (tertiary/aromatic N) is 2. The normalized spacial score (nSPS) is 16.9. The highest BCUT2D eigenvalue weighted by molar-refractivity contribution is 7.99. The van der Waals surface area contributed by atoms with E-state index in [1.54, 1.807) is 0 Å². The van der Waals surface area contributed by atoms with E-state index in [0.29, 0.717) is 0 Å². The fourth-order valence-electron chi connectivity index (χ4n) is 1.88. The van der Waals surface area contributed by atoms with Crippen LogP contribution in [0.4, 0.5) is 0 Å². The van der Waals surface area contributed by atoms with Crippen molar-refractivity contribution in [3.05, 3.63) is 12.7 Å². The van der Waals surface area contributed by atoms with Gasteiger partial charge in [-0.25, -0.2) is 0 Å². The number of ether oxygens (including phenoxy) is 1. The summed E-state index contributed by atoms with van der Waals surface area (Å²) in [4.78, 5) is 7.01. The van der Waals surface area contributed by atoms with Crippen molar-refractivity contribution in [3.63, 3.8) is 0 Å². The van der Waals surface area contributed by atoms with Gasteiger partial charge in [-0.2, -0.15) is 11.8 Å². The molecule has 1 fully saturated rings. The molecule has 5 nitrogen and oxygen atoms in total. The molecule has 1 saturated heterocycles. The van der Waals surface area contributed by atoms with Crippen molar-refractivity contribution in [3.8, 4) is 0 Å². The molecule has 0 atom stereocenters. The number of hydrogen-bond acceptors (Lipinski definition) is 4. The van der Waals surface area contributed by atoms with E-state index in [2.05, 4.69) is 34.0 Å². The minimum absolute atomic E-state index is 0.829. The molecule has 1 aliphatic heterocycles. The summed E-state index contributed by atoms with van der Waals surface area (Å²) in [5, 5.41) is 6.64. The molecule has 0 amide bonds. The smallest absolute Gasteiger partial charge is 0.191 e. The highest BCUT2D eigenvalue weighted by Crippen LogP contribution is 1.97. The van der Waals surface area contributed by atoms with Gasteiger partial charge in [0.15, 0.2) is 5.96 Å². The Kier molecular flexibility index (Phi) is 10.4. The molecular formula is C14H28N4OS. The molecule has 20 heavy (non-hydrogen) atoms. The summed E-state index contributed by atoms with van der Waals surface area (Å²) in [5.41, 5.74) is 0. The van der Waals surface area contributed by atoms with E-state index in [1.807, 2.05) is 17.8 Å². The fraction of sp³-hybridized carbons (Fsp3) is 0.786. The number of hydrogen-bond donors (Lipinski definition) is 2. The van der Waals surface area contributed by atoms with Crippen LogP contribution in [0, 0.1) is 0 Å². The summed E-state index contributed by atoms with van der Waals surface area (Å²) in [5.74, 6) is 2.99. The Hall–Kier alpha value is -0.720. The molecule has 1 heterocycles. The summed E-state index contributed by atoms with van der Waals surface area (Å²) in [7, 11) is 0. The van der Waals surface area contributed by atoms with Gasteiger partial charge in [-0.3, -0.25) is 9.89 Å². The van der Waals surface area contributed by atoms with Crippen LogP contribution in [0.5, 0.6) is 0 Å².